The van der Waals surface area contributed by atoms with Crippen LogP contribution in [0.3, 0.4) is 0 Å². The molecular weight excluding hydrogens is 416 g/mol. The van der Waals surface area contributed by atoms with Crippen molar-refractivity contribution in [1.82, 2.24) is 20.1 Å². The summed E-state index contributed by atoms with van der Waals surface area (Å²) in [5.74, 6) is 1.23. The predicted octanol–water partition coefficient (Wildman–Crippen LogP) is 3.66. The molecule has 2 saturated heterocycles. The van der Waals surface area contributed by atoms with Gasteiger partial charge in [-0.25, -0.2) is 0 Å². The Balaban J connectivity index is 1.23. The van der Waals surface area contributed by atoms with Crippen LogP contribution in [0.25, 0.3) is 10.9 Å². The van der Waals surface area contributed by atoms with Crippen LogP contribution in [0.1, 0.15) is 56.4 Å². The second-order valence-electron chi connectivity index (χ2n) is 9.73. The number of fused-ring (bicyclic) bond motifs is 1. The number of aromatic nitrogens is 1. The fourth-order valence-corrected chi connectivity index (χ4v) is 5.27. The summed E-state index contributed by atoms with van der Waals surface area (Å²) in [4.78, 5) is 33.4. The Kier molecular flexibility index (Phi) is 7.58. The Morgan fingerprint density at radius 1 is 1.12 bits per heavy atom. The zero-order chi connectivity index (χ0) is 23.4. The first-order chi connectivity index (χ1) is 16.0. The topological polar surface area (TPSA) is 77.7 Å². The molecule has 3 heterocycles. The molecule has 2 aromatic rings. The van der Waals surface area contributed by atoms with E-state index in [4.69, 9.17) is 4.74 Å². The number of methoxy groups -OCH3 is 1. The summed E-state index contributed by atoms with van der Waals surface area (Å²) in [5.41, 5.74) is 1.51. The van der Waals surface area contributed by atoms with E-state index in [2.05, 4.69) is 22.1 Å². The summed E-state index contributed by atoms with van der Waals surface area (Å²) in [5, 5.41) is 4.16. The molecule has 0 unspecified atom stereocenters. The Hall–Kier alpha value is -2.54. The molecule has 2 aliphatic heterocycles. The highest BCUT2D eigenvalue weighted by Crippen LogP contribution is 2.27. The fourth-order valence-electron chi connectivity index (χ4n) is 5.27. The third-order valence-corrected chi connectivity index (χ3v) is 7.63. The van der Waals surface area contributed by atoms with Gasteiger partial charge in [0.1, 0.15) is 11.4 Å². The number of benzene rings is 1. The van der Waals surface area contributed by atoms with E-state index in [1.165, 1.54) is 25.9 Å². The van der Waals surface area contributed by atoms with Crippen molar-refractivity contribution in [1.29, 1.82) is 0 Å². The average Bonchev–Trinajstić information content (AvgIpc) is 3.52. The number of rotatable bonds is 8. The van der Waals surface area contributed by atoms with Crippen molar-refractivity contribution in [3.63, 3.8) is 0 Å². The van der Waals surface area contributed by atoms with E-state index >= 15 is 0 Å². The number of carbonyl (C=O) groups excluding carboxylic acids is 2. The van der Waals surface area contributed by atoms with Crippen LogP contribution in [0, 0.1) is 11.8 Å². The van der Waals surface area contributed by atoms with Crippen LogP contribution in [0.2, 0.25) is 0 Å². The van der Waals surface area contributed by atoms with Crippen LogP contribution in [0.4, 0.5) is 0 Å². The van der Waals surface area contributed by atoms with Gasteiger partial charge < -0.3 is 24.8 Å². The van der Waals surface area contributed by atoms with Gasteiger partial charge in [-0.2, -0.15) is 0 Å². The largest absolute Gasteiger partial charge is 0.497 e. The molecule has 2 atom stereocenters. The average molecular weight is 455 g/mol. The van der Waals surface area contributed by atoms with Crippen LogP contribution in [0.15, 0.2) is 24.3 Å². The molecule has 7 heteroatoms. The molecule has 4 rings (SSSR count). The maximum Gasteiger partial charge on any atom is 0.270 e. The minimum atomic E-state index is -0.0233. The highest BCUT2D eigenvalue weighted by Gasteiger charge is 2.30. The van der Waals surface area contributed by atoms with Crippen LogP contribution in [-0.4, -0.2) is 72.5 Å². The molecule has 2 aliphatic rings. The molecule has 1 aromatic carbocycles. The minimum Gasteiger partial charge on any atom is -0.497 e. The van der Waals surface area contributed by atoms with Gasteiger partial charge in [0.05, 0.1) is 7.11 Å². The van der Waals surface area contributed by atoms with E-state index in [1.807, 2.05) is 36.1 Å². The molecule has 2 N–H and O–H groups in total. The monoisotopic (exact) mass is 454 g/mol. The van der Waals surface area contributed by atoms with Crippen molar-refractivity contribution in [2.24, 2.45) is 11.8 Å². The quantitative estimate of drug-likeness (QED) is 0.638. The van der Waals surface area contributed by atoms with Crippen LogP contribution < -0.4 is 10.1 Å². The number of H-pyrrole nitrogens is 1. The van der Waals surface area contributed by atoms with Gasteiger partial charge in [-0.1, -0.05) is 6.92 Å². The summed E-state index contributed by atoms with van der Waals surface area (Å²) in [6.45, 7) is 8.79. The summed E-state index contributed by atoms with van der Waals surface area (Å²) in [6, 6.07) is 8.20. The second kappa shape index (κ2) is 10.6. The van der Waals surface area contributed by atoms with Gasteiger partial charge in [-0.05, 0) is 76.2 Å². The molecule has 1 aromatic heterocycles. The summed E-state index contributed by atoms with van der Waals surface area (Å²) >= 11 is 0. The van der Waals surface area contributed by atoms with Crippen molar-refractivity contribution < 1.29 is 14.3 Å². The zero-order valence-electron chi connectivity index (χ0n) is 20.2. The van der Waals surface area contributed by atoms with E-state index < -0.39 is 0 Å². The van der Waals surface area contributed by atoms with Gasteiger partial charge in [0.15, 0.2) is 0 Å². The Morgan fingerprint density at radius 2 is 1.85 bits per heavy atom. The first-order valence-electron chi connectivity index (χ1n) is 12.4. The van der Waals surface area contributed by atoms with E-state index in [0.717, 1.165) is 42.5 Å². The van der Waals surface area contributed by atoms with Crippen molar-refractivity contribution in [3.05, 3.63) is 30.0 Å². The maximum atomic E-state index is 13.0. The molecule has 33 heavy (non-hydrogen) atoms. The van der Waals surface area contributed by atoms with Crippen molar-refractivity contribution >= 4 is 22.7 Å². The number of aromatic amines is 1. The molecule has 0 radical (unpaired) electrons. The predicted molar refractivity (Wildman–Crippen MR) is 131 cm³/mol. The lowest BCUT2D eigenvalue weighted by Crippen LogP contribution is -2.43. The normalized spacial score (nSPS) is 19.5. The van der Waals surface area contributed by atoms with E-state index in [0.29, 0.717) is 30.7 Å². The number of nitrogens with zero attached hydrogens (tertiary/aromatic N) is 2. The van der Waals surface area contributed by atoms with E-state index in [9.17, 15) is 9.59 Å². The third-order valence-electron chi connectivity index (χ3n) is 7.63. The van der Waals surface area contributed by atoms with Gasteiger partial charge in [-0.15, -0.1) is 0 Å². The van der Waals surface area contributed by atoms with Gasteiger partial charge in [-0.3, -0.25) is 9.59 Å². The maximum absolute atomic E-state index is 13.0. The SMILES string of the molecule is COc1ccc2cc(C(=O)N3CCC([C@@H](C)C(=O)NCC[C@@H](C)N4CCCC4)CC3)[nH]c2c1. The fraction of sp³-hybridized carbons (Fsp3) is 0.615. The van der Waals surface area contributed by atoms with Gasteiger partial charge in [0, 0.05) is 48.6 Å². The summed E-state index contributed by atoms with van der Waals surface area (Å²) in [6.07, 6.45) is 5.31. The lowest BCUT2D eigenvalue weighted by atomic mass is 9.84. The molecule has 0 bridgehead atoms. The lowest BCUT2D eigenvalue weighted by molar-refractivity contribution is -0.126. The number of hydrogen-bond donors (Lipinski definition) is 2. The number of nitrogens with one attached hydrogen (secondary N) is 2. The summed E-state index contributed by atoms with van der Waals surface area (Å²) < 4.78 is 5.27. The number of amides is 2. The summed E-state index contributed by atoms with van der Waals surface area (Å²) in [7, 11) is 1.64. The molecule has 2 amide bonds. The van der Waals surface area contributed by atoms with E-state index in [-0.39, 0.29) is 17.7 Å². The first kappa shape index (κ1) is 23.6. The molecule has 180 valence electrons. The van der Waals surface area contributed by atoms with Gasteiger partial charge in [0.2, 0.25) is 5.91 Å². The third kappa shape index (κ3) is 5.52. The molecule has 0 saturated carbocycles. The highest BCUT2D eigenvalue weighted by atomic mass is 16.5. The highest BCUT2D eigenvalue weighted by molar-refractivity contribution is 5.98. The standard InChI is InChI=1S/C26H38N4O3/c1-18(29-12-4-5-13-29)8-11-27-25(31)19(2)20-9-14-30(15-10-20)26(32)24-16-21-6-7-22(33-3)17-23(21)28-24/h6-7,16-20,28H,4-5,8-15H2,1-3H3,(H,27,31)/t18-,19-/m1/s1. The Bertz CT molecular complexity index is 958. The van der Waals surface area contributed by atoms with Gasteiger partial charge >= 0.3 is 0 Å². The number of piperidine rings is 1. The van der Waals surface area contributed by atoms with Crippen LogP contribution in [-0.2, 0) is 4.79 Å². The second-order valence-corrected chi connectivity index (χ2v) is 9.73. The smallest absolute Gasteiger partial charge is 0.270 e. The van der Waals surface area contributed by atoms with Crippen molar-refractivity contribution in [2.45, 2.75) is 52.0 Å². The molecular formula is C26H38N4O3. The zero-order valence-corrected chi connectivity index (χ0v) is 20.2. The number of likely N-dealkylation sites (tertiary alicyclic amines) is 2. The molecule has 7 nitrogen and oxygen atoms in total. The van der Waals surface area contributed by atoms with Crippen molar-refractivity contribution in [3.8, 4) is 5.75 Å². The first-order valence-corrected chi connectivity index (χ1v) is 12.4. The minimum absolute atomic E-state index is 0.0233. The van der Waals surface area contributed by atoms with Crippen LogP contribution in [0.5, 0.6) is 5.75 Å². The van der Waals surface area contributed by atoms with E-state index in [1.54, 1.807) is 7.11 Å². The van der Waals surface area contributed by atoms with Crippen molar-refractivity contribution in [2.75, 3.05) is 39.8 Å². The molecule has 2 fully saturated rings. The van der Waals surface area contributed by atoms with Crippen LogP contribution >= 0.6 is 0 Å². The Labute approximate surface area is 196 Å². The Morgan fingerprint density at radius 3 is 2.55 bits per heavy atom. The number of ether oxygens (including phenoxy) is 1. The lowest BCUT2D eigenvalue weighted by Gasteiger charge is -2.34. The molecule has 0 aliphatic carbocycles. The van der Waals surface area contributed by atoms with Gasteiger partial charge in [0.25, 0.3) is 5.91 Å². The number of carbonyl (C=O) groups is 2. The molecule has 0 spiro atoms. The number of hydrogen-bond acceptors (Lipinski definition) is 4.